The zero-order valence-corrected chi connectivity index (χ0v) is 19.5. The first-order chi connectivity index (χ1) is 15.7. The fourth-order valence-corrected chi connectivity index (χ4v) is 3.33. The maximum absolute atomic E-state index is 4.76. The number of nitrogens with zero attached hydrogens (tertiary/aromatic N) is 3. The van der Waals surface area contributed by atoms with Crippen molar-refractivity contribution in [1.29, 1.82) is 0 Å². The molecule has 0 unspecified atom stereocenters. The molecule has 5 rings (SSSR count). The van der Waals surface area contributed by atoms with Crippen LogP contribution in [-0.4, -0.2) is 12.4 Å². The molecule has 0 atom stereocenters. The van der Waals surface area contributed by atoms with Crippen molar-refractivity contribution in [3.8, 4) is 0 Å². The van der Waals surface area contributed by atoms with Crippen molar-refractivity contribution in [2.45, 2.75) is 0 Å². The van der Waals surface area contributed by atoms with Crippen LogP contribution >= 0.6 is 20.2 Å². The molecule has 159 valence electrons. The minimum atomic E-state index is 0.194. The molecular formula is C26H18Cl2FeN3. The van der Waals surface area contributed by atoms with Gasteiger partial charge in [-0.1, -0.05) is 72.8 Å². The fraction of sp³-hybridized carbons (Fsp3) is 0. The Hall–Kier alpha value is -2.88. The van der Waals surface area contributed by atoms with Crippen molar-refractivity contribution in [2.24, 2.45) is 9.98 Å². The van der Waals surface area contributed by atoms with Gasteiger partial charge in [0.2, 0.25) is 0 Å². The van der Waals surface area contributed by atoms with Gasteiger partial charge < -0.3 is 4.98 Å². The Morgan fingerprint density at radius 2 is 0.969 bits per heavy atom. The van der Waals surface area contributed by atoms with Crippen molar-refractivity contribution >= 4 is 65.5 Å². The second-order valence-corrected chi connectivity index (χ2v) is 8.75. The van der Waals surface area contributed by atoms with Crippen molar-refractivity contribution in [3.63, 3.8) is 0 Å². The van der Waals surface area contributed by atoms with E-state index < -0.39 is 0 Å². The van der Waals surface area contributed by atoms with E-state index >= 15 is 0 Å². The van der Waals surface area contributed by atoms with E-state index in [1.54, 1.807) is 12.4 Å². The first-order valence-electron chi connectivity index (χ1n) is 9.80. The Kier molecular flexibility index (Phi) is 7.76. The van der Waals surface area contributed by atoms with Crippen molar-refractivity contribution in [1.82, 2.24) is 4.98 Å². The molecule has 1 heterocycles. The normalized spacial score (nSPS) is 11.3. The average molecular weight is 499 g/mol. The number of aliphatic imine (C=N–C) groups is 2. The molecule has 0 saturated carbocycles. The second-order valence-electron chi connectivity index (χ2n) is 6.92. The number of rotatable bonds is 4. The quantitative estimate of drug-likeness (QED) is 0.184. The summed E-state index contributed by atoms with van der Waals surface area (Å²) in [7, 11) is 9.53. The first kappa shape index (κ1) is 22.3. The maximum atomic E-state index is 4.76. The van der Waals surface area contributed by atoms with Crippen LogP contribution in [0, 0.1) is 0 Å². The number of aromatic nitrogens is 1. The summed E-state index contributed by atoms with van der Waals surface area (Å²) in [6.45, 7) is 0. The summed E-state index contributed by atoms with van der Waals surface area (Å²) in [5.41, 5.74) is 3.47. The number of benzene rings is 4. The van der Waals surface area contributed by atoms with Gasteiger partial charge in [0.05, 0.1) is 11.4 Å². The Bertz CT molecular complexity index is 1290. The molecule has 0 aliphatic heterocycles. The predicted octanol–water partition coefficient (Wildman–Crippen LogP) is 7.83. The van der Waals surface area contributed by atoms with Gasteiger partial charge >= 0.3 is 33.3 Å². The zero-order valence-electron chi connectivity index (χ0n) is 16.8. The monoisotopic (exact) mass is 498 g/mol. The van der Waals surface area contributed by atoms with E-state index in [0.717, 1.165) is 22.8 Å². The van der Waals surface area contributed by atoms with Gasteiger partial charge in [0, 0.05) is 12.4 Å². The summed E-state index contributed by atoms with van der Waals surface area (Å²) in [5.74, 6) is 0. The van der Waals surface area contributed by atoms with E-state index in [2.05, 4.69) is 63.5 Å². The van der Waals surface area contributed by atoms with Crippen LogP contribution in [0.4, 0.5) is 11.4 Å². The molecular weight excluding hydrogens is 481 g/mol. The summed E-state index contributed by atoms with van der Waals surface area (Å²) in [6, 6.07) is 32.8. The molecule has 32 heavy (non-hydrogen) atoms. The zero-order chi connectivity index (χ0) is 22.2. The number of fused-ring (bicyclic) bond motifs is 2. The molecule has 0 radical (unpaired) electrons. The summed E-state index contributed by atoms with van der Waals surface area (Å²) in [4.78, 5) is 13.7. The number of halogens is 2. The second kappa shape index (κ2) is 11.1. The van der Waals surface area contributed by atoms with Crippen molar-refractivity contribution in [3.05, 3.63) is 108 Å². The van der Waals surface area contributed by atoms with Gasteiger partial charge in [-0.25, -0.2) is 0 Å². The predicted molar refractivity (Wildman–Crippen MR) is 134 cm³/mol. The van der Waals surface area contributed by atoms with Crippen LogP contribution in [0.2, 0.25) is 0 Å². The van der Waals surface area contributed by atoms with E-state index in [9.17, 15) is 0 Å². The molecule has 0 spiro atoms. The van der Waals surface area contributed by atoms with Crippen molar-refractivity contribution in [2.75, 3.05) is 0 Å². The topological polar surface area (TPSA) is 38.8 Å². The molecule has 0 bridgehead atoms. The molecule has 1 aromatic heterocycles. The van der Waals surface area contributed by atoms with Gasteiger partial charge in [-0.3, -0.25) is 9.98 Å². The van der Waals surface area contributed by atoms with Gasteiger partial charge in [0.25, 0.3) is 0 Å². The molecule has 0 amide bonds. The first-order valence-corrected chi connectivity index (χ1v) is 12.8. The van der Waals surface area contributed by atoms with E-state index in [0.29, 0.717) is 0 Å². The molecule has 3 nitrogen and oxygen atoms in total. The molecule has 0 N–H and O–H groups in total. The molecule has 0 fully saturated rings. The molecule has 4 aromatic carbocycles. The average Bonchev–Trinajstić information content (AvgIpc) is 3.29. The molecule has 0 aliphatic carbocycles. The SMILES string of the molecule is C(=Nc1ccc2ccccc2c1)c1ccc(C=Nc2ccc3ccccc3c2)[n-]1.[Cl][Fe+][Cl]. The van der Waals surface area contributed by atoms with Gasteiger partial charge in [0.1, 0.15) is 0 Å². The third-order valence-corrected chi connectivity index (χ3v) is 4.84. The Morgan fingerprint density at radius 3 is 1.41 bits per heavy atom. The van der Waals surface area contributed by atoms with Crippen LogP contribution < -0.4 is 4.98 Å². The van der Waals surface area contributed by atoms with Gasteiger partial charge in [0.15, 0.2) is 0 Å². The molecule has 0 aliphatic rings. The molecule has 6 heteroatoms. The van der Waals surface area contributed by atoms with Crippen LogP contribution in [0.3, 0.4) is 0 Å². The van der Waals surface area contributed by atoms with Gasteiger partial charge in [-0.05, 0) is 45.8 Å². The van der Waals surface area contributed by atoms with Crippen LogP contribution in [-0.2, 0) is 13.1 Å². The molecule has 5 aromatic rings. The summed E-state index contributed by atoms with van der Waals surface area (Å²) < 4.78 is 0. The number of hydrogen-bond acceptors (Lipinski definition) is 2. The Labute approximate surface area is 201 Å². The van der Waals surface area contributed by atoms with Crippen LogP contribution in [0.15, 0.2) is 107 Å². The Balaban J connectivity index is 0.000000775. The summed E-state index contributed by atoms with van der Waals surface area (Å²) >= 11 is 0.194. The van der Waals surface area contributed by atoms with E-state index in [-0.39, 0.29) is 13.1 Å². The van der Waals surface area contributed by atoms with Gasteiger partial charge in [-0.2, -0.15) is 0 Å². The minimum absolute atomic E-state index is 0.194. The summed E-state index contributed by atoms with van der Waals surface area (Å²) in [6.07, 6.45) is 3.58. The Morgan fingerprint density at radius 1 is 0.562 bits per heavy atom. The summed E-state index contributed by atoms with van der Waals surface area (Å²) in [5, 5.41) is 4.79. The fourth-order valence-electron chi connectivity index (χ4n) is 3.33. The van der Waals surface area contributed by atoms with E-state index in [1.165, 1.54) is 21.5 Å². The molecule has 0 saturated heterocycles. The van der Waals surface area contributed by atoms with Crippen LogP contribution in [0.25, 0.3) is 21.5 Å². The van der Waals surface area contributed by atoms with Gasteiger partial charge in [-0.15, -0.1) is 11.4 Å². The third-order valence-electron chi connectivity index (χ3n) is 4.84. The van der Waals surface area contributed by atoms with Crippen LogP contribution in [0.5, 0.6) is 0 Å². The third kappa shape index (κ3) is 5.87. The van der Waals surface area contributed by atoms with Crippen molar-refractivity contribution < 1.29 is 13.1 Å². The standard InChI is InChI=1S/C26H18N3.2ClH.Fe/c1-3-7-21-15-23(11-9-19(21)5-1)27-17-25-13-14-26(29-25)18-28-24-12-10-20-6-2-4-8-22(20)16-24;;;/h1-18H;2*1H;/q-1;;;+3/p-2. The number of hydrogen-bond donors (Lipinski definition) is 0. The van der Waals surface area contributed by atoms with E-state index in [1.807, 2.05) is 48.5 Å². The van der Waals surface area contributed by atoms with Crippen LogP contribution in [0.1, 0.15) is 11.4 Å². The van der Waals surface area contributed by atoms with E-state index in [4.69, 9.17) is 20.2 Å².